The van der Waals surface area contributed by atoms with Gasteiger partial charge in [-0.25, -0.2) is 4.79 Å². The van der Waals surface area contributed by atoms with Crippen LogP contribution >= 0.6 is 0 Å². The van der Waals surface area contributed by atoms with E-state index >= 15 is 0 Å². The summed E-state index contributed by atoms with van der Waals surface area (Å²) < 4.78 is 4.77. The second-order valence-corrected chi connectivity index (χ2v) is 4.03. The fraction of sp³-hybridized carbons (Fsp3) is 0.286. The van der Waals surface area contributed by atoms with E-state index in [0.29, 0.717) is 6.42 Å². The highest BCUT2D eigenvalue weighted by Crippen LogP contribution is 2.23. The van der Waals surface area contributed by atoms with E-state index in [9.17, 15) is 4.79 Å². The van der Waals surface area contributed by atoms with Crippen molar-refractivity contribution in [1.82, 2.24) is 4.98 Å². The van der Waals surface area contributed by atoms with Crippen LogP contribution in [0.4, 0.5) is 5.69 Å². The predicted octanol–water partition coefficient (Wildman–Crippen LogP) is 2.60. The normalized spacial score (nSPS) is 12.1. The number of pyridine rings is 1. The number of hydrogen-bond donors (Lipinski definition) is 1. The van der Waals surface area contributed by atoms with Crippen LogP contribution in [-0.4, -0.2) is 24.1 Å². The summed E-state index contributed by atoms with van der Waals surface area (Å²) >= 11 is 0. The number of ether oxygens (including phenoxy) is 1. The number of nitrogens with zero attached hydrogens (tertiary/aromatic N) is 1. The molecule has 0 aliphatic heterocycles. The molecule has 0 aliphatic rings. The fourth-order valence-corrected chi connectivity index (χ4v) is 1.90. The van der Waals surface area contributed by atoms with Crippen LogP contribution in [0.3, 0.4) is 0 Å². The first-order valence-electron chi connectivity index (χ1n) is 5.93. The van der Waals surface area contributed by atoms with Crippen molar-refractivity contribution in [3.8, 4) is 0 Å². The van der Waals surface area contributed by atoms with Gasteiger partial charge in [0.2, 0.25) is 0 Å². The van der Waals surface area contributed by atoms with Gasteiger partial charge in [-0.3, -0.25) is 4.98 Å². The van der Waals surface area contributed by atoms with Gasteiger partial charge < -0.3 is 10.1 Å². The zero-order valence-electron chi connectivity index (χ0n) is 10.5. The Bertz CT molecular complexity index is 549. The van der Waals surface area contributed by atoms with Gasteiger partial charge in [0.1, 0.15) is 6.04 Å². The molecule has 1 atom stereocenters. The first-order chi connectivity index (χ1) is 8.76. The van der Waals surface area contributed by atoms with Crippen LogP contribution in [0.5, 0.6) is 0 Å². The molecule has 2 rings (SSSR count). The molecule has 1 N–H and O–H groups in total. The summed E-state index contributed by atoms with van der Waals surface area (Å²) in [5.41, 5.74) is 0.901. The van der Waals surface area contributed by atoms with Gasteiger partial charge in [0.15, 0.2) is 0 Å². The van der Waals surface area contributed by atoms with Gasteiger partial charge in [-0.1, -0.05) is 19.1 Å². The van der Waals surface area contributed by atoms with Crippen LogP contribution in [0.2, 0.25) is 0 Å². The minimum Gasteiger partial charge on any atom is -0.467 e. The largest absolute Gasteiger partial charge is 0.467 e. The van der Waals surface area contributed by atoms with Crippen molar-refractivity contribution in [1.29, 1.82) is 0 Å². The van der Waals surface area contributed by atoms with Crippen molar-refractivity contribution in [3.05, 3.63) is 36.7 Å². The Morgan fingerprint density at radius 3 is 3.00 bits per heavy atom. The summed E-state index contributed by atoms with van der Waals surface area (Å²) in [4.78, 5) is 15.7. The average molecular weight is 244 g/mol. The predicted molar refractivity (Wildman–Crippen MR) is 71.5 cm³/mol. The van der Waals surface area contributed by atoms with E-state index in [1.807, 2.05) is 31.2 Å². The fourth-order valence-electron chi connectivity index (χ4n) is 1.90. The lowest BCUT2D eigenvalue weighted by Gasteiger charge is -2.17. The molecule has 0 bridgehead atoms. The van der Waals surface area contributed by atoms with Gasteiger partial charge >= 0.3 is 5.97 Å². The number of methoxy groups -OCH3 is 1. The Kier molecular flexibility index (Phi) is 3.77. The molecule has 18 heavy (non-hydrogen) atoms. The summed E-state index contributed by atoms with van der Waals surface area (Å²) in [6.07, 6.45) is 4.22. The van der Waals surface area contributed by atoms with Crippen LogP contribution in [0, 0.1) is 0 Å². The number of fused-ring (bicyclic) bond motifs is 1. The zero-order chi connectivity index (χ0) is 13.0. The Hall–Kier alpha value is -2.10. The number of carbonyl (C=O) groups excluding carboxylic acids is 1. The molecule has 0 saturated carbocycles. The number of esters is 1. The SMILES string of the molecule is CCC(Nc1cccc2ccncc12)C(=O)OC. The lowest BCUT2D eigenvalue weighted by atomic mass is 10.1. The molecule has 1 unspecified atom stereocenters. The number of rotatable bonds is 4. The summed E-state index contributed by atoms with van der Waals surface area (Å²) in [6.45, 7) is 1.94. The number of hydrogen-bond acceptors (Lipinski definition) is 4. The number of nitrogens with one attached hydrogen (secondary N) is 1. The van der Waals surface area contributed by atoms with Crippen molar-refractivity contribution in [2.75, 3.05) is 12.4 Å². The quantitative estimate of drug-likeness (QED) is 0.840. The van der Waals surface area contributed by atoms with Crippen LogP contribution < -0.4 is 5.32 Å². The molecule has 1 aromatic heterocycles. The van der Waals surface area contributed by atoms with Crippen molar-refractivity contribution in [2.24, 2.45) is 0 Å². The number of benzene rings is 1. The third-order valence-corrected chi connectivity index (χ3v) is 2.91. The molecule has 4 heteroatoms. The summed E-state index contributed by atoms with van der Waals surface area (Å²) in [5.74, 6) is -0.251. The summed E-state index contributed by atoms with van der Waals surface area (Å²) in [7, 11) is 1.40. The topological polar surface area (TPSA) is 51.2 Å². The molecular weight excluding hydrogens is 228 g/mol. The zero-order valence-corrected chi connectivity index (χ0v) is 10.5. The lowest BCUT2D eigenvalue weighted by molar-refractivity contribution is -0.141. The van der Waals surface area contributed by atoms with Crippen molar-refractivity contribution in [3.63, 3.8) is 0 Å². The van der Waals surface area contributed by atoms with E-state index in [1.54, 1.807) is 12.4 Å². The highest BCUT2D eigenvalue weighted by molar-refractivity contribution is 5.94. The van der Waals surface area contributed by atoms with Gasteiger partial charge in [0.05, 0.1) is 7.11 Å². The van der Waals surface area contributed by atoms with E-state index in [0.717, 1.165) is 16.5 Å². The van der Waals surface area contributed by atoms with Crippen molar-refractivity contribution >= 4 is 22.4 Å². The Morgan fingerprint density at radius 1 is 1.44 bits per heavy atom. The maximum atomic E-state index is 11.6. The molecule has 0 amide bonds. The monoisotopic (exact) mass is 244 g/mol. The van der Waals surface area contributed by atoms with E-state index in [4.69, 9.17) is 4.74 Å². The average Bonchev–Trinajstić information content (AvgIpc) is 2.44. The van der Waals surface area contributed by atoms with Gasteiger partial charge in [-0.15, -0.1) is 0 Å². The van der Waals surface area contributed by atoms with Crippen LogP contribution in [0.1, 0.15) is 13.3 Å². The minimum atomic E-state index is -0.333. The smallest absolute Gasteiger partial charge is 0.328 e. The standard InChI is InChI=1S/C14H16N2O2/c1-3-12(14(17)18-2)16-13-6-4-5-10-7-8-15-9-11(10)13/h4-9,12,16H,3H2,1-2H3. The van der Waals surface area contributed by atoms with Crippen LogP contribution in [-0.2, 0) is 9.53 Å². The molecular formula is C14H16N2O2. The molecule has 0 saturated heterocycles. The number of carbonyl (C=O) groups is 1. The second kappa shape index (κ2) is 5.49. The highest BCUT2D eigenvalue weighted by atomic mass is 16.5. The molecule has 1 aromatic carbocycles. The molecule has 0 aliphatic carbocycles. The van der Waals surface area contributed by atoms with Crippen LogP contribution in [0.25, 0.3) is 10.8 Å². The van der Waals surface area contributed by atoms with E-state index in [2.05, 4.69) is 10.3 Å². The van der Waals surface area contributed by atoms with Crippen molar-refractivity contribution in [2.45, 2.75) is 19.4 Å². The Morgan fingerprint density at radius 2 is 2.28 bits per heavy atom. The van der Waals surface area contributed by atoms with E-state index < -0.39 is 0 Å². The first-order valence-corrected chi connectivity index (χ1v) is 5.93. The Balaban J connectivity index is 2.33. The molecule has 4 nitrogen and oxygen atoms in total. The lowest BCUT2D eigenvalue weighted by Crippen LogP contribution is -2.29. The number of anilines is 1. The van der Waals surface area contributed by atoms with Gasteiger partial charge in [-0.05, 0) is 23.9 Å². The molecule has 2 aromatic rings. The van der Waals surface area contributed by atoms with Gasteiger partial charge in [0, 0.05) is 23.5 Å². The first kappa shape index (κ1) is 12.4. The van der Waals surface area contributed by atoms with Crippen molar-refractivity contribution < 1.29 is 9.53 Å². The maximum absolute atomic E-state index is 11.6. The second-order valence-electron chi connectivity index (χ2n) is 4.03. The molecule has 1 heterocycles. The summed E-state index contributed by atoms with van der Waals surface area (Å²) in [5, 5.41) is 5.30. The third-order valence-electron chi connectivity index (χ3n) is 2.91. The summed E-state index contributed by atoms with van der Waals surface area (Å²) in [6, 6.07) is 7.52. The third kappa shape index (κ3) is 2.42. The molecule has 0 spiro atoms. The van der Waals surface area contributed by atoms with E-state index in [-0.39, 0.29) is 12.0 Å². The van der Waals surface area contributed by atoms with Gasteiger partial charge in [0.25, 0.3) is 0 Å². The molecule has 0 radical (unpaired) electrons. The van der Waals surface area contributed by atoms with E-state index in [1.165, 1.54) is 7.11 Å². The Labute approximate surface area is 106 Å². The van der Waals surface area contributed by atoms with Gasteiger partial charge in [-0.2, -0.15) is 0 Å². The number of aromatic nitrogens is 1. The maximum Gasteiger partial charge on any atom is 0.328 e. The van der Waals surface area contributed by atoms with Crippen LogP contribution in [0.15, 0.2) is 36.7 Å². The minimum absolute atomic E-state index is 0.251. The molecule has 94 valence electrons. The molecule has 0 fully saturated rings. The highest BCUT2D eigenvalue weighted by Gasteiger charge is 2.17.